The van der Waals surface area contributed by atoms with E-state index in [9.17, 15) is 14.0 Å². The minimum absolute atomic E-state index is 0.185. The molecule has 1 N–H and O–H groups in total. The number of nitrogens with one attached hydrogen (secondary N) is 1. The van der Waals surface area contributed by atoms with Crippen molar-refractivity contribution >= 4 is 22.5 Å². The number of Topliss-reactive ketones (excluding diaryl/α,β-unsaturated/α-hetero) is 1. The highest BCUT2D eigenvalue weighted by molar-refractivity contribution is 6.48. The molecular weight excluding hydrogens is 323 g/mol. The standard InChI is InChI=1S/C19H13FN2O3/c20-12-7-5-11(6-8-12)18(23)17-14(9-21-22-17)15-10-25-16-4-2-1-3-13(16)19(15)24/h1-8,10,14,21H,9H2. The Morgan fingerprint density at radius 3 is 2.72 bits per heavy atom. The van der Waals surface area contributed by atoms with Crippen molar-refractivity contribution in [2.24, 2.45) is 5.10 Å². The predicted molar refractivity (Wildman–Crippen MR) is 91.4 cm³/mol. The molecule has 2 heterocycles. The number of hydrogen-bond acceptors (Lipinski definition) is 5. The van der Waals surface area contributed by atoms with Gasteiger partial charge in [0, 0.05) is 17.7 Å². The average molecular weight is 336 g/mol. The van der Waals surface area contributed by atoms with E-state index in [1.165, 1.54) is 30.5 Å². The topological polar surface area (TPSA) is 71.7 Å². The van der Waals surface area contributed by atoms with Gasteiger partial charge in [-0.15, -0.1) is 0 Å². The second-order valence-corrected chi connectivity index (χ2v) is 5.76. The molecule has 5 nitrogen and oxygen atoms in total. The Morgan fingerprint density at radius 1 is 1.16 bits per heavy atom. The number of fused-ring (bicyclic) bond motifs is 1. The van der Waals surface area contributed by atoms with E-state index >= 15 is 0 Å². The van der Waals surface area contributed by atoms with Gasteiger partial charge in [-0.3, -0.25) is 9.59 Å². The van der Waals surface area contributed by atoms with Crippen molar-refractivity contribution in [2.75, 3.05) is 6.54 Å². The first-order chi connectivity index (χ1) is 12.1. The molecule has 1 aliphatic rings. The number of para-hydroxylation sites is 1. The highest BCUT2D eigenvalue weighted by Gasteiger charge is 2.32. The van der Waals surface area contributed by atoms with Crippen LogP contribution in [0.4, 0.5) is 4.39 Å². The maximum Gasteiger partial charge on any atom is 0.209 e. The molecule has 124 valence electrons. The Morgan fingerprint density at radius 2 is 1.92 bits per heavy atom. The van der Waals surface area contributed by atoms with Crippen molar-refractivity contribution in [3.8, 4) is 0 Å². The number of carbonyl (C=O) groups excluding carboxylic acids is 1. The van der Waals surface area contributed by atoms with Gasteiger partial charge in [-0.1, -0.05) is 12.1 Å². The maximum absolute atomic E-state index is 13.1. The van der Waals surface area contributed by atoms with Crippen LogP contribution in [-0.4, -0.2) is 18.0 Å². The van der Waals surface area contributed by atoms with Crippen molar-refractivity contribution in [3.63, 3.8) is 0 Å². The average Bonchev–Trinajstić information content (AvgIpc) is 3.12. The summed E-state index contributed by atoms with van der Waals surface area (Å²) in [4.78, 5) is 25.5. The number of halogens is 1. The second kappa shape index (κ2) is 5.98. The molecule has 6 heteroatoms. The van der Waals surface area contributed by atoms with Gasteiger partial charge in [0.25, 0.3) is 0 Å². The molecule has 2 aromatic carbocycles. The Balaban J connectivity index is 1.75. The smallest absolute Gasteiger partial charge is 0.209 e. The first-order valence-corrected chi connectivity index (χ1v) is 7.76. The lowest BCUT2D eigenvalue weighted by Crippen LogP contribution is -2.26. The molecule has 3 aromatic rings. The van der Waals surface area contributed by atoms with E-state index in [-0.39, 0.29) is 16.9 Å². The van der Waals surface area contributed by atoms with Gasteiger partial charge in [0.05, 0.1) is 17.6 Å². The van der Waals surface area contributed by atoms with Gasteiger partial charge >= 0.3 is 0 Å². The van der Waals surface area contributed by atoms with Crippen molar-refractivity contribution in [3.05, 3.63) is 82.0 Å². The lowest BCUT2D eigenvalue weighted by atomic mass is 9.90. The summed E-state index contributed by atoms with van der Waals surface area (Å²) in [5, 5.41) is 4.52. The molecule has 0 saturated heterocycles. The minimum Gasteiger partial charge on any atom is -0.464 e. The molecule has 0 radical (unpaired) electrons. The van der Waals surface area contributed by atoms with Crippen LogP contribution >= 0.6 is 0 Å². The van der Waals surface area contributed by atoms with Crippen LogP contribution in [0.2, 0.25) is 0 Å². The first kappa shape index (κ1) is 15.3. The van der Waals surface area contributed by atoms with Crippen LogP contribution < -0.4 is 10.9 Å². The summed E-state index contributed by atoms with van der Waals surface area (Å²) in [5.41, 5.74) is 3.99. The molecule has 1 aliphatic heterocycles. The molecule has 0 fully saturated rings. The van der Waals surface area contributed by atoms with Gasteiger partial charge in [-0.2, -0.15) is 5.10 Å². The molecule has 1 aromatic heterocycles. The molecule has 0 aliphatic carbocycles. The maximum atomic E-state index is 13.1. The summed E-state index contributed by atoms with van der Waals surface area (Å²) >= 11 is 0. The van der Waals surface area contributed by atoms with E-state index in [1.807, 2.05) is 0 Å². The minimum atomic E-state index is -0.515. The fourth-order valence-electron chi connectivity index (χ4n) is 2.95. The molecule has 1 unspecified atom stereocenters. The van der Waals surface area contributed by atoms with E-state index in [0.717, 1.165) is 0 Å². The molecule has 0 saturated carbocycles. The van der Waals surface area contributed by atoms with Crippen molar-refractivity contribution in [1.29, 1.82) is 0 Å². The summed E-state index contributed by atoms with van der Waals surface area (Å²) in [6.45, 7) is 0.325. The largest absolute Gasteiger partial charge is 0.464 e. The quantitative estimate of drug-likeness (QED) is 0.747. The van der Waals surface area contributed by atoms with Crippen molar-refractivity contribution in [2.45, 2.75) is 5.92 Å². The van der Waals surface area contributed by atoms with Gasteiger partial charge in [0.1, 0.15) is 17.1 Å². The molecule has 1 atom stereocenters. The van der Waals surface area contributed by atoms with Crippen molar-refractivity contribution in [1.82, 2.24) is 5.43 Å². The van der Waals surface area contributed by atoms with Crippen LogP contribution in [0.15, 0.2) is 69.1 Å². The van der Waals surface area contributed by atoms with E-state index in [2.05, 4.69) is 10.5 Å². The fraction of sp³-hybridized carbons (Fsp3) is 0.105. The number of carbonyl (C=O) groups is 1. The number of rotatable bonds is 3. The lowest BCUT2D eigenvalue weighted by molar-refractivity contribution is 0.106. The van der Waals surface area contributed by atoms with E-state index in [4.69, 9.17) is 4.42 Å². The van der Waals surface area contributed by atoms with Gasteiger partial charge in [0.2, 0.25) is 5.78 Å². The number of benzene rings is 2. The second-order valence-electron chi connectivity index (χ2n) is 5.76. The number of hydrazone groups is 1. The Labute approximate surface area is 141 Å². The normalized spacial score (nSPS) is 16.5. The van der Waals surface area contributed by atoms with Crippen LogP contribution in [0.1, 0.15) is 21.8 Å². The van der Waals surface area contributed by atoms with Crippen LogP contribution in [0, 0.1) is 5.82 Å². The van der Waals surface area contributed by atoms with Gasteiger partial charge in [-0.05, 0) is 36.4 Å². The molecule has 0 bridgehead atoms. The number of nitrogens with zero attached hydrogens (tertiary/aromatic N) is 1. The third-order valence-corrected chi connectivity index (χ3v) is 4.25. The van der Waals surface area contributed by atoms with Gasteiger partial charge in [0.15, 0.2) is 5.43 Å². The molecule has 0 amide bonds. The third-order valence-electron chi connectivity index (χ3n) is 4.25. The summed E-state index contributed by atoms with van der Waals surface area (Å²) in [7, 11) is 0. The summed E-state index contributed by atoms with van der Waals surface area (Å²) < 4.78 is 18.6. The van der Waals surface area contributed by atoms with E-state index in [0.29, 0.717) is 28.6 Å². The SMILES string of the molecule is O=C(C1=NNCC1c1coc2ccccc2c1=O)c1ccc(F)cc1. The molecule has 0 spiro atoms. The Bertz CT molecular complexity index is 1050. The Kier molecular flexibility index (Phi) is 3.65. The van der Waals surface area contributed by atoms with E-state index < -0.39 is 11.7 Å². The first-order valence-electron chi connectivity index (χ1n) is 7.76. The van der Waals surface area contributed by atoms with Gasteiger partial charge in [-0.25, -0.2) is 4.39 Å². The van der Waals surface area contributed by atoms with Crippen LogP contribution in [0.25, 0.3) is 11.0 Å². The summed E-state index contributed by atoms with van der Waals surface area (Å²) in [6.07, 6.45) is 1.38. The highest BCUT2D eigenvalue weighted by atomic mass is 19.1. The third kappa shape index (κ3) is 2.61. The number of hydrogen-bond donors (Lipinski definition) is 1. The zero-order valence-electron chi connectivity index (χ0n) is 13.0. The van der Waals surface area contributed by atoms with Crippen molar-refractivity contribution < 1.29 is 13.6 Å². The lowest BCUT2D eigenvalue weighted by Gasteiger charge is -2.11. The summed E-state index contributed by atoms with van der Waals surface area (Å²) in [6, 6.07) is 12.2. The molecule has 25 heavy (non-hydrogen) atoms. The van der Waals surface area contributed by atoms with Crippen LogP contribution in [0.3, 0.4) is 0 Å². The highest BCUT2D eigenvalue weighted by Crippen LogP contribution is 2.23. The zero-order chi connectivity index (χ0) is 17.4. The van der Waals surface area contributed by atoms with E-state index in [1.54, 1.807) is 24.3 Å². The fourth-order valence-corrected chi connectivity index (χ4v) is 2.95. The molecule has 4 rings (SSSR count). The monoisotopic (exact) mass is 336 g/mol. The van der Waals surface area contributed by atoms with Crippen LogP contribution in [-0.2, 0) is 0 Å². The zero-order valence-corrected chi connectivity index (χ0v) is 13.0. The Hall–Kier alpha value is -3.28. The molecular formula is C19H13FN2O3. The summed E-state index contributed by atoms with van der Waals surface area (Å²) in [5.74, 6) is -1.28. The predicted octanol–water partition coefficient (Wildman–Crippen LogP) is 2.86. The van der Waals surface area contributed by atoms with Crippen LogP contribution in [0.5, 0.6) is 0 Å². The van der Waals surface area contributed by atoms with Gasteiger partial charge < -0.3 is 9.84 Å². The number of ketones is 1.